The van der Waals surface area contributed by atoms with Crippen molar-refractivity contribution in [3.8, 4) is 0 Å². The average Bonchev–Trinajstić information content (AvgIpc) is 2.51. The first kappa shape index (κ1) is 16.9. The van der Waals surface area contributed by atoms with Crippen LogP contribution in [0.3, 0.4) is 0 Å². The molecule has 7 nitrogen and oxygen atoms in total. The molecule has 1 aromatic rings. The van der Waals surface area contributed by atoms with E-state index in [0.29, 0.717) is 11.6 Å². The van der Waals surface area contributed by atoms with Crippen LogP contribution in [0.25, 0.3) is 0 Å². The van der Waals surface area contributed by atoms with E-state index in [4.69, 9.17) is 4.74 Å². The number of ketones is 1. The predicted molar refractivity (Wildman–Crippen MR) is 84.7 cm³/mol. The maximum Gasteiger partial charge on any atom is 0.338 e. The van der Waals surface area contributed by atoms with Crippen LogP contribution in [-0.2, 0) is 9.53 Å². The lowest BCUT2D eigenvalue weighted by Crippen LogP contribution is -2.34. The molecule has 0 saturated carbocycles. The molecular formula is C16H20N2O5. The number of rotatable bonds is 5. The Bertz CT molecular complexity index is 629. The number of hydrogen-bond donors (Lipinski definition) is 0. The summed E-state index contributed by atoms with van der Waals surface area (Å²) >= 11 is 0. The highest BCUT2D eigenvalue weighted by Crippen LogP contribution is 2.32. The maximum atomic E-state index is 11.9. The Balaban J connectivity index is 2.26. The Morgan fingerprint density at radius 2 is 2.17 bits per heavy atom. The summed E-state index contributed by atoms with van der Waals surface area (Å²) in [6.07, 6.45) is 2.10. The van der Waals surface area contributed by atoms with Crippen LogP contribution in [0.15, 0.2) is 18.2 Å². The van der Waals surface area contributed by atoms with Gasteiger partial charge in [-0.3, -0.25) is 14.9 Å². The van der Waals surface area contributed by atoms with Gasteiger partial charge in [0.05, 0.1) is 10.5 Å². The minimum absolute atomic E-state index is 0.0757. The molecular weight excluding hydrogens is 300 g/mol. The van der Waals surface area contributed by atoms with Crippen molar-refractivity contribution in [2.24, 2.45) is 5.92 Å². The second-order valence-electron chi connectivity index (χ2n) is 5.93. The number of ether oxygens (including phenoxy) is 1. The maximum absolute atomic E-state index is 11.9. The van der Waals surface area contributed by atoms with E-state index in [1.807, 2.05) is 4.90 Å². The fourth-order valence-electron chi connectivity index (χ4n) is 2.72. The van der Waals surface area contributed by atoms with Crippen LogP contribution < -0.4 is 4.90 Å². The number of hydrogen-bond acceptors (Lipinski definition) is 6. The second-order valence-corrected chi connectivity index (χ2v) is 5.93. The molecule has 0 aromatic heterocycles. The number of nitrogens with zero attached hydrogens (tertiary/aromatic N) is 2. The molecule has 1 unspecified atom stereocenters. The van der Waals surface area contributed by atoms with E-state index in [-0.39, 0.29) is 23.6 Å². The molecule has 2 rings (SSSR count). The van der Waals surface area contributed by atoms with E-state index in [1.165, 1.54) is 19.1 Å². The molecule has 0 radical (unpaired) electrons. The molecule has 1 aliphatic heterocycles. The van der Waals surface area contributed by atoms with Crippen molar-refractivity contribution in [1.29, 1.82) is 0 Å². The minimum Gasteiger partial charge on any atom is -0.454 e. The first-order chi connectivity index (χ1) is 10.9. The van der Waals surface area contributed by atoms with E-state index < -0.39 is 10.9 Å². The standard InChI is InChI=1S/C16H20N2O5/c1-11-4-3-7-17(9-11)14-6-5-13(8-15(14)18(21)22)16(20)23-10-12(2)19/h5-6,8,11H,3-4,7,9-10H2,1-2H3. The largest absolute Gasteiger partial charge is 0.454 e. The average molecular weight is 320 g/mol. The molecule has 23 heavy (non-hydrogen) atoms. The fraction of sp³-hybridized carbons (Fsp3) is 0.500. The monoisotopic (exact) mass is 320 g/mol. The number of carbonyl (C=O) groups excluding carboxylic acids is 2. The van der Waals surface area contributed by atoms with Crippen molar-refractivity contribution in [3.63, 3.8) is 0 Å². The summed E-state index contributed by atoms with van der Waals surface area (Å²) in [6, 6.07) is 4.31. The second kappa shape index (κ2) is 7.21. The van der Waals surface area contributed by atoms with Crippen LogP contribution in [0.4, 0.5) is 11.4 Å². The minimum atomic E-state index is -0.734. The highest BCUT2D eigenvalue weighted by Gasteiger charge is 2.25. The zero-order chi connectivity index (χ0) is 17.0. The lowest BCUT2D eigenvalue weighted by atomic mass is 9.99. The first-order valence-electron chi connectivity index (χ1n) is 7.58. The zero-order valence-electron chi connectivity index (χ0n) is 13.3. The van der Waals surface area contributed by atoms with Crippen LogP contribution in [0.2, 0.25) is 0 Å². The van der Waals surface area contributed by atoms with Crippen molar-refractivity contribution >= 4 is 23.1 Å². The van der Waals surface area contributed by atoms with E-state index >= 15 is 0 Å². The molecule has 0 amide bonds. The van der Waals surface area contributed by atoms with Crippen LogP contribution in [0, 0.1) is 16.0 Å². The normalized spacial score (nSPS) is 17.7. The molecule has 0 spiro atoms. The molecule has 1 heterocycles. The van der Waals surface area contributed by atoms with Gasteiger partial charge in [0.25, 0.3) is 5.69 Å². The van der Waals surface area contributed by atoms with Gasteiger partial charge in [-0.2, -0.15) is 0 Å². The summed E-state index contributed by atoms with van der Waals surface area (Å²) in [4.78, 5) is 35.6. The number of anilines is 1. The summed E-state index contributed by atoms with van der Waals surface area (Å²) in [7, 11) is 0. The Hall–Kier alpha value is -2.44. The number of Topliss-reactive ketones (excluding diaryl/α,β-unsaturated/α-hetero) is 1. The third-order valence-electron chi connectivity index (χ3n) is 3.81. The summed E-state index contributed by atoms with van der Waals surface area (Å²) in [5.41, 5.74) is 0.479. The summed E-state index contributed by atoms with van der Waals surface area (Å²) in [6.45, 7) is 4.61. The van der Waals surface area contributed by atoms with Gasteiger partial charge in [0, 0.05) is 19.2 Å². The van der Waals surface area contributed by atoms with Gasteiger partial charge in [-0.25, -0.2) is 4.79 Å². The molecule has 124 valence electrons. The van der Waals surface area contributed by atoms with E-state index in [9.17, 15) is 19.7 Å². The number of esters is 1. The van der Waals surface area contributed by atoms with Crippen LogP contribution in [0.5, 0.6) is 0 Å². The van der Waals surface area contributed by atoms with Gasteiger partial charge >= 0.3 is 5.97 Å². The summed E-state index contributed by atoms with van der Waals surface area (Å²) in [5, 5.41) is 11.4. The number of nitro groups is 1. The lowest BCUT2D eigenvalue weighted by Gasteiger charge is -2.32. The molecule has 1 fully saturated rings. The van der Waals surface area contributed by atoms with Crippen molar-refractivity contribution in [2.45, 2.75) is 26.7 Å². The smallest absolute Gasteiger partial charge is 0.338 e. The summed E-state index contributed by atoms with van der Waals surface area (Å²) < 4.78 is 4.80. The molecule has 0 bridgehead atoms. The third kappa shape index (κ3) is 4.28. The number of benzene rings is 1. The van der Waals surface area contributed by atoms with Gasteiger partial charge in [-0.1, -0.05) is 6.92 Å². The molecule has 1 aliphatic rings. The number of nitro benzene ring substituents is 1. The van der Waals surface area contributed by atoms with E-state index in [0.717, 1.165) is 25.9 Å². The fourth-order valence-corrected chi connectivity index (χ4v) is 2.72. The van der Waals surface area contributed by atoms with Crippen molar-refractivity contribution in [3.05, 3.63) is 33.9 Å². The summed E-state index contributed by atoms with van der Waals surface area (Å²) in [5.74, 6) is -0.544. The van der Waals surface area contributed by atoms with E-state index in [1.54, 1.807) is 6.07 Å². The number of piperidine rings is 1. The molecule has 7 heteroatoms. The lowest BCUT2D eigenvalue weighted by molar-refractivity contribution is -0.384. The predicted octanol–water partition coefficient (Wildman–Crippen LogP) is 2.58. The van der Waals surface area contributed by atoms with Crippen LogP contribution in [0.1, 0.15) is 37.0 Å². The van der Waals surface area contributed by atoms with Gasteiger partial charge in [-0.15, -0.1) is 0 Å². The highest BCUT2D eigenvalue weighted by molar-refractivity contribution is 5.93. The Morgan fingerprint density at radius 3 is 2.78 bits per heavy atom. The topological polar surface area (TPSA) is 89.8 Å². The van der Waals surface area contributed by atoms with Gasteiger partial charge in [0.1, 0.15) is 12.3 Å². The third-order valence-corrected chi connectivity index (χ3v) is 3.81. The van der Waals surface area contributed by atoms with Crippen LogP contribution >= 0.6 is 0 Å². The first-order valence-corrected chi connectivity index (χ1v) is 7.58. The SMILES string of the molecule is CC(=O)COC(=O)c1ccc(N2CCCC(C)C2)c([N+](=O)[O-])c1. The molecule has 1 saturated heterocycles. The van der Waals surface area contributed by atoms with Gasteiger partial charge < -0.3 is 9.64 Å². The molecule has 1 aromatic carbocycles. The highest BCUT2D eigenvalue weighted by atomic mass is 16.6. The Kier molecular flexibility index (Phi) is 5.31. The molecule has 0 aliphatic carbocycles. The van der Waals surface area contributed by atoms with Crippen molar-refractivity contribution in [2.75, 3.05) is 24.6 Å². The van der Waals surface area contributed by atoms with Crippen molar-refractivity contribution in [1.82, 2.24) is 0 Å². The van der Waals surface area contributed by atoms with Gasteiger partial charge in [0.2, 0.25) is 0 Å². The van der Waals surface area contributed by atoms with Gasteiger partial charge in [0.15, 0.2) is 5.78 Å². The van der Waals surface area contributed by atoms with E-state index in [2.05, 4.69) is 6.92 Å². The molecule has 1 atom stereocenters. The Labute approximate surface area is 134 Å². The Morgan fingerprint density at radius 1 is 1.43 bits per heavy atom. The molecule has 0 N–H and O–H groups in total. The quantitative estimate of drug-likeness (QED) is 0.470. The van der Waals surface area contributed by atoms with Crippen LogP contribution in [-0.4, -0.2) is 36.4 Å². The zero-order valence-corrected chi connectivity index (χ0v) is 13.3. The number of carbonyl (C=O) groups is 2. The van der Waals surface area contributed by atoms with Gasteiger partial charge in [-0.05, 0) is 37.8 Å². The van der Waals surface area contributed by atoms with Crippen molar-refractivity contribution < 1.29 is 19.2 Å².